The van der Waals surface area contributed by atoms with Gasteiger partial charge in [-0.15, -0.1) is 24.0 Å². The summed E-state index contributed by atoms with van der Waals surface area (Å²) in [5.74, 6) is 1.44. The van der Waals surface area contributed by atoms with Gasteiger partial charge in [0.2, 0.25) is 0 Å². The third kappa shape index (κ3) is 9.34. The van der Waals surface area contributed by atoms with E-state index in [-0.39, 0.29) is 24.0 Å². The van der Waals surface area contributed by atoms with Gasteiger partial charge in [-0.1, -0.05) is 48.0 Å². The van der Waals surface area contributed by atoms with Crippen molar-refractivity contribution in [1.82, 2.24) is 5.32 Å². The van der Waals surface area contributed by atoms with E-state index in [1.54, 1.807) is 0 Å². The second-order valence-electron chi connectivity index (χ2n) is 5.80. The monoisotopic (exact) mass is 453 g/mol. The summed E-state index contributed by atoms with van der Waals surface area (Å²) in [6.45, 7) is 4.30. The second-order valence-corrected chi connectivity index (χ2v) is 5.80. The minimum Gasteiger partial charge on any atom is -0.494 e. The maximum absolute atomic E-state index is 5.87. The number of hydrogen-bond donors (Lipinski definition) is 2. The van der Waals surface area contributed by atoms with Crippen LogP contribution in [-0.4, -0.2) is 25.7 Å². The number of guanidine groups is 1. The van der Waals surface area contributed by atoms with Crippen molar-refractivity contribution in [2.45, 2.75) is 26.2 Å². The molecule has 25 heavy (non-hydrogen) atoms. The lowest BCUT2D eigenvalue weighted by atomic mass is 10.1. The number of nitrogens with two attached hydrogens (primary N) is 1. The van der Waals surface area contributed by atoms with Crippen molar-refractivity contribution in [2.75, 3.05) is 19.7 Å². The van der Waals surface area contributed by atoms with Gasteiger partial charge in [0, 0.05) is 13.1 Å². The third-order valence-corrected chi connectivity index (χ3v) is 3.69. The van der Waals surface area contributed by atoms with E-state index in [1.807, 2.05) is 30.3 Å². The molecule has 4 nitrogen and oxygen atoms in total. The Labute approximate surface area is 167 Å². The molecule has 3 N–H and O–H groups in total. The first-order valence-electron chi connectivity index (χ1n) is 8.51. The highest BCUT2D eigenvalue weighted by Gasteiger charge is 1.95. The predicted octanol–water partition coefficient (Wildman–Crippen LogP) is 3.92. The lowest BCUT2D eigenvalue weighted by molar-refractivity contribution is 0.308. The molecule has 136 valence electrons. The van der Waals surface area contributed by atoms with Crippen LogP contribution in [0.25, 0.3) is 0 Å². The van der Waals surface area contributed by atoms with E-state index >= 15 is 0 Å². The fraction of sp³-hybridized carbons (Fsp3) is 0.350. The first-order chi connectivity index (χ1) is 11.7. The normalized spacial score (nSPS) is 10.8. The van der Waals surface area contributed by atoms with Crippen LogP contribution in [0.1, 0.15) is 24.0 Å². The molecule has 0 aliphatic rings. The molecule has 0 amide bonds. The number of rotatable bonds is 9. The largest absolute Gasteiger partial charge is 0.494 e. The summed E-state index contributed by atoms with van der Waals surface area (Å²) in [6, 6.07) is 18.5. The van der Waals surface area contributed by atoms with Crippen LogP contribution in [0, 0.1) is 6.92 Å². The molecule has 0 radical (unpaired) electrons. The van der Waals surface area contributed by atoms with Crippen LogP contribution in [0.5, 0.6) is 5.75 Å². The van der Waals surface area contributed by atoms with Crippen molar-refractivity contribution in [3.8, 4) is 5.75 Å². The summed E-state index contributed by atoms with van der Waals surface area (Å²) < 4.78 is 5.69. The lowest BCUT2D eigenvalue weighted by Crippen LogP contribution is -2.33. The van der Waals surface area contributed by atoms with Gasteiger partial charge < -0.3 is 15.8 Å². The van der Waals surface area contributed by atoms with Crippen LogP contribution in [0.2, 0.25) is 0 Å². The standard InChI is InChI=1S/C20H27N3O.HI/c1-17-9-11-19(12-10-17)24-16-6-5-14-22-20(21)23-15-13-18-7-3-2-4-8-18;/h2-4,7-12H,5-6,13-16H2,1H3,(H3,21,22,23);1H. The molecule has 0 unspecified atom stereocenters. The van der Waals surface area contributed by atoms with E-state index in [0.29, 0.717) is 12.6 Å². The van der Waals surface area contributed by atoms with E-state index in [1.165, 1.54) is 11.1 Å². The third-order valence-electron chi connectivity index (χ3n) is 3.69. The fourth-order valence-electron chi connectivity index (χ4n) is 2.27. The van der Waals surface area contributed by atoms with Crippen molar-refractivity contribution in [2.24, 2.45) is 10.7 Å². The quantitative estimate of drug-likeness (QED) is 0.262. The molecule has 2 aromatic carbocycles. The molecule has 0 fully saturated rings. The van der Waals surface area contributed by atoms with E-state index in [0.717, 1.165) is 38.1 Å². The minimum atomic E-state index is 0. The SMILES string of the molecule is Cc1ccc(OCCCCN=C(N)NCCc2ccccc2)cc1.I. The zero-order valence-electron chi connectivity index (χ0n) is 14.8. The molecule has 0 atom stereocenters. The van der Waals surface area contributed by atoms with Crippen molar-refractivity contribution in [3.63, 3.8) is 0 Å². The molecule has 0 aromatic heterocycles. The summed E-state index contributed by atoms with van der Waals surface area (Å²) in [6.07, 6.45) is 2.88. The Morgan fingerprint density at radius 3 is 2.48 bits per heavy atom. The summed E-state index contributed by atoms with van der Waals surface area (Å²) in [5.41, 5.74) is 8.41. The van der Waals surface area contributed by atoms with Crippen LogP contribution in [0.3, 0.4) is 0 Å². The van der Waals surface area contributed by atoms with E-state index in [2.05, 4.69) is 41.5 Å². The Hall–Kier alpha value is -1.76. The van der Waals surface area contributed by atoms with Gasteiger partial charge in [-0.05, 0) is 43.9 Å². The zero-order chi connectivity index (χ0) is 17.0. The molecular weight excluding hydrogens is 425 g/mol. The molecule has 0 saturated heterocycles. The second kappa shape index (κ2) is 12.6. The number of halogens is 1. The first kappa shape index (κ1) is 21.3. The molecule has 0 bridgehead atoms. The Morgan fingerprint density at radius 2 is 1.76 bits per heavy atom. The highest BCUT2D eigenvalue weighted by atomic mass is 127. The molecule has 0 heterocycles. The van der Waals surface area contributed by atoms with Gasteiger partial charge in [-0.3, -0.25) is 4.99 Å². The van der Waals surface area contributed by atoms with Crippen molar-refractivity contribution >= 4 is 29.9 Å². The van der Waals surface area contributed by atoms with Gasteiger partial charge in [0.05, 0.1) is 6.61 Å². The summed E-state index contributed by atoms with van der Waals surface area (Å²) in [7, 11) is 0. The number of ether oxygens (including phenoxy) is 1. The van der Waals surface area contributed by atoms with Crippen molar-refractivity contribution in [3.05, 3.63) is 65.7 Å². The van der Waals surface area contributed by atoms with Gasteiger partial charge in [-0.25, -0.2) is 0 Å². The van der Waals surface area contributed by atoms with Crippen LogP contribution < -0.4 is 15.8 Å². The van der Waals surface area contributed by atoms with Gasteiger partial charge in [0.1, 0.15) is 5.75 Å². The Morgan fingerprint density at radius 1 is 1.04 bits per heavy atom. The van der Waals surface area contributed by atoms with Gasteiger partial charge in [0.25, 0.3) is 0 Å². The Balaban J connectivity index is 0.00000312. The van der Waals surface area contributed by atoms with Gasteiger partial charge in [-0.2, -0.15) is 0 Å². The highest BCUT2D eigenvalue weighted by Crippen LogP contribution is 2.11. The van der Waals surface area contributed by atoms with Crippen LogP contribution in [0.15, 0.2) is 59.6 Å². The van der Waals surface area contributed by atoms with E-state index in [9.17, 15) is 0 Å². The molecular formula is C20H28IN3O. The van der Waals surface area contributed by atoms with Gasteiger partial charge in [0.15, 0.2) is 5.96 Å². The van der Waals surface area contributed by atoms with Crippen molar-refractivity contribution < 1.29 is 4.74 Å². The molecule has 0 spiro atoms. The number of nitrogens with one attached hydrogen (secondary N) is 1. The molecule has 0 aliphatic heterocycles. The maximum atomic E-state index is 5.87. The number of aryl methyl sites for hydroxylation is 1. The van der Waals surface area contributed by atoms with E-state index in [4.69, 9.17) is 10.5 Å². The lowest BCUT2D eigenvalue weighted by Gasteiger charge is -2.07. The average Bonchev–Trinajstić information content (AvgIpc) is 2.60. The van der Waals surface area contributed by atoms with Crippen LogP contribution in [-0.2, 0) is 6.42 Å². The number of hydrogen-bond acceptors (Lipinski definition) is 2. The summed E-state index contributed by atoms with van der Waals surface area (Å²) >= 11 is 0. The Bertz CT molecular complexity index is 615. The fourth-order valence-corrected chi connectivity index (χ4v) is 2.27. The van der Waals surface area contributed by atoms with Gasteiger partial charge >= 0.3 is 0 Å². The highest BCUT2D eigenvalue weighted by molar-refractivity contribution is 14.0. The minimum absolute atomic E-state index is 0. The predicted molar refractivity (Wildman–Crippen MR) is 116 cm³/mol. The smallest absolute Gasteiger partial charge is 0.188 e. The molecule has 5 heteroatoms. The number of benzene rings is 2. The van der Waals surface area contributed by atoms with E-state index < -0.39 is 0 Å². The Kier molecular flexibility index (Phi) is 10.7. The number of nitrogens with zero attached hydrogens (tertiary/aromatic N) is 1. The van der Waals surface area contributed by atoms with Crippen molar-refractivity contribution in [1.29, 1.82) is 0 Å². The molecule has 0 saturated carbocycles. The molecule has 2 rings (SSSR count). The first-order valence-corrected chi connectivity index (χ1v) is 8.51. The topological polar surface area (TPSA) is 59.6 Å². The molecule has 2 aromatic rings. The van der Waals surface area contributed by atoms with Crippen LogP contribution >= 0.6 is 24.0 Å². The summed E-state index contributed by atoms with van der Waals surface area (Å²) in [4.78, 5) is 4.34. The summed E-state index contributed by atoms with van der Waals surface area (Å²) in [5, 5.41) is 3.15. The number of unbranched alkanes of at least 4 members (excludes halogenated alkanes) is 1. The zero-order valence-corrected chi connectivity index (χ0v) is 17.1. The average molecular weight is 453 g/mol. The number of aliphatic imine (C=N–C) groups is 1. The maximum Gasteiger partial charge on any atom is 0.188 e. The molecule has 0 aliphatic carbocycles. The van der Waals surface area contributed by atoms with Crippen LogP contribution in [0.4, 0.5) is 0 Å².